The number of rotatable bonds is 5. The van der Waals surface area contributed by atoms with E-state index >= 15 is 0 Å². The predicted molar refractivity (Wildman–Crippen MR) is 72.3 cm³/mol. The summed E-state index contributed by atoms with van der Waals surface area (Å²) in [5.74, 6) is -0.265. The van der Waals surface area contributed by atoms with Crippen LogP contribution in [0.25, 0.3) is 0 Å². The second-order valence-corrected chi connectivity index (χ2v) is 4.75. The summed E-state index contributed by atoms with van der Waals surface area (Å²) in [7, 11) is 3.79. The maximum atomic E-state index is 12.5. The Morgan fingerprint density at radius 2 is 2.00 bits per heavy atom. The zero-order valence-corrected chi connectivity index (χ0v) is 11.4. The predicted octanol–water partition coefficient (Wildman–Crippen LogP) is 2.57. The van der Waals surface area contributed by atoms with Crippen LogP contribution < -0.4 is 11.1 Å². The van der Waals surface area contributed by atoms with Crippen LogP contribution in [0.5, 0.6) is 0 Å². The first kappa shape index (κ1) is 16.3. The van der Waals surface area contributed by atoms with Gasteiger partial charge >= 0.3 is 6.18 Å². The molecule has 0 unspecified atom stereocenters. The molecule has 112 valence electrons. The number of nitrogens with zero attached hydrogens (tertiary/aromatic N) is 1. The van der Waals surface area contributed by atoms with Crippen LogP contribution in [0.2, 0.25) is 0 Å². The van der Waals surface area contributed by atoms with E-state index in [0.29, 0.717) is 12.8 Å². The van der Waals surface area contributed by atoms with Crippen LogP contribution in [0, 0.1) is 0 Å². The Kier molecular flexibility index (Phi) is 5.38. The third kappa shape index (κ3) is 5.08. The average Bonchev–Trinajstić information content (AvgIpc) is 2.29. The summed E-state index contributed by atoms with van der Waals surface area (Å²) in [6, 6.07) is 2.88. The first-order valence-electron chi connectivity index (χ1n) is 6.11. The van der Waals surface area contributed by atoms with E-state index < -0.39 is 11.7 Å². The number of nitrogens with two attached hydrogens (primary N) is 1. The molecule has 3 N–H and O–H groups in total. The number of nitrogen functional groups attached to an aromatic ring is 1. The molecule has 4 nitrogen and oxygen atoms in total. The van der Waals surface area contributed by atoms with Crippen molar-refractivity contribution in [2.24, 2.45) is 0 Å². The highest BCUT2D eigenvalue weighted by Crippen LogP contribution is 2.32. The number of hydrogen-bond donors (Lipinski definition) is 2. The van der Waals surface area contributed by atoms with Crippen molar-refractivity contribution in [1.82, 2.24) is 4.90 Å². The van der Waals surface area contributed by atoms with Gasteiger partial charge in [-0.3, -0.25) is 4.79 Å². The molecule has 0 radical (unpaired) electrons. The van der Waals surface area contributed by atoms with Gasteiger partial charge in [-0.1, -0.05) is 0 Å². The summed E-state index contributed by atoms with van der Waals surface area (Å²) in [5, 5.41) is 2.51. The summed E-state index contributed by atoms with van der Waals surface area (Å²) in [6.07, 6.45) is -3.49. The van der Waals surface area contributed by atoms with Gasteiger partial charge in [-0.15, -0.1) is 0 Å². The standard InChI is InChI=1S/C13H18F3N3O/c1-19(2)7-3-4-12(20)18-11-6-5-9(8-10(11)17)13(14,15)16/h5-6,8H,3-4,7,17H2,1-2H3,(H,18,20). The maximum Gasteiger partial charge on any atom is 0.416 e. The topological polar surface area (TPSA) is 58.4 Å². The monoisotopic (exact) mass is 289 g/mol. The van der Waals surface area contributed by atoms with Crippen molar-refractivity contribution in [3.8, 4) is 0 Å². The average molecular weight is 289 g/mol. The molecule has 1 aromatic carbocycles. The molecule has 1 amide bonds. The molecule has 0 aliphatic heterocycles. The summed E-state index contributed by atoms with van der Waals surface area (Å²) in [4.78, 5) is 13.6. The van der Waals surface area contributed by atoms with E-state index in [1.165, 1.54) is 6.07 Å². The maximum absolute atomic E-state index is 12.5. The van der Waals surface area contributed by atoms with Gasteiger partial charge in [0.1, 0.15) is 0 Å². The Hall–Kier alpha value is -1.76. The molecule has 0 spiro atoms. The number of benzene rings is 1. The first-order chi connectivity index (χ1) is 9.20. The van der Waals surface area contributed by atoms with Crippen molar-refractivity contribution in [3.05, 3.63) is 23.8 Å². The molecule has 20 heavy (non-hydrogen) atoms. The highest BCUT2D eigenvalue weighted by Gasteiger charge is 2.30. The molecular weight excluding hydrogens is 271 g/mol. The van der Waals surface area contributed by atoms with Gasteiger partial charge in [-0.25, -0.2) is 0 Å². The zero-order valence-electron chi connectivity index (χ0n) is 11.4. The molecule has 0 atom stereocenters. The molecule has 0 saturated carbocycles. The minimum Gasteiger partial charge on any atom is -0.397 e. The molecular formula is C13H18F3N3O. The smallest absolute Gasteiger partial charge is 0.397 e. The molecule has 1 aromatic rings. The highest BCUT2D eigenvalue weighted by molar-refractivity contribution is 5.93. The Balaban J connectivity index is 2.62. The number of hydrogen-bond acceptors (Lipinski definition) is 3. The summed E-state index contributed by atoms with van der Waals surface area (Å²) in [6.45, 7) is 0.760. The van der Waals surface area contributed by atoms with Gasteiger partial charge < -0.3 is 16.0 Å². The minimum absolute atomic E-state index is 0.0965. The number of amides is 1. The highest BCUT2D eigenvalue weighted by atomic mass is 19.4. The number of alkyl halides is 3. The third-order valence-electron chi connectivity index (χ3n) is 2.66. The van der Waals surface area contributed by atoms with Crippen molar-refractivity contribution < 1.29 is 18.0 Å². The van der Waals surface area contributed by atoms with Crippen LogP contribution in [0.1, 0.15) is 18.4 Å². The molecule has 7 heteroatoms. The van der Waals surface area contributed by atoms with Crippen LogP contribution in [0.3, 0.4) is 0 Å². The lowest BCUT2D eigenvalue weighted by Gasteiger charge is -2.12. The van der Waals surface area contributed by atoms with E-state index in [2.05, 4.69) is 5.32 Å². The van der Waals surface area contributed by atoms with E-state index in [1.54, 1.807) is 0 Å². The SMILES string of the molecule is CN(C)CCCC(=O)Nc1ccc(C(F)(F)F)cc1N. The van der Waals surface area contributed by atoms with Crippen molar-refractivity contribution in [1.29, 1.82) is 0 Å². The van der Waals surface area contributed by atoms with E-state index in [9.17, 15) is 18.0 Å². The quantitative estimate of drug-likeness (QED) is 0.819. The van der Waals surface area contributed by atoms with Gasteiger partial charge in [0.15, 0.2) is 0 Å². The van der Waals surface area contributed by atoms with Gasteiger partial charge in [-0.05, 0) is 45.3 Å². The fraction of sp³-hybridized carbons (Fsp3) is 0.462. The second-order valence-electron chi connectivity index (χ2n) is 4.75. The molecule has 0 aliphatic carbocycles. The lowest BCUT2D eigenvalue weighted by molar-refractivity contribution is -0.137. The Morgan fingerprint density at radius 1 is 1.35 bits per heavy atom. The second kappa shape index (κ2) is 6.60. The van der Waals surface area contributed by atoms with Crippen LogP contribution in [-0.4, -0.2) is 31.4 Å². The molecule has 0 heterocycles. The van der Waals surface area contributed by atoms with Crippen LogP contribution in [0.4, 0.5) is 24.5 Å². The van der Waals surface area contributed by atoms with Gasteiger partial charge in [0, 0.05) is 6.42 Å². The van der Waals surface area contributed by atoms with E-state index in [0.717, 1.165) is 18.7 Å². The Morgan fingerprint density at radius 3 is 2.50 bits per heavy atom. The minimum atomic E-state index is -4.44. The summed E-state index contributed by atoms with van der Waals surface area (Å²) < 4.78 is 37.4. The first-order valence-corrected chi connectivity index (χ1v) is 6.11. The number of halogens is 3. The molecule has 0 bridgehead atoms. The van der Waals surface area contributed by atoms with Crippen LogP contribution in [-0.2, 0) is 11.0 Å². The number of carbonyl (C=O) groups excluding carboxylic acids is 1. The van der Waals surface area contributed by atoms with E-state index in [1.807, 2.05) is 19.0 Å². The fourth-order valence-electron chi connectivity index (χ4n) is 1.62. The largest absolute Gasteiger partial charge is 0.416 e. The van der Waals surface area contributed by atoms with Crippen LogP contribution >= 0.6 is 0 Å². The number of carbonyl (C=O) groups is 1. The van der Waals surface area contributed by atoms with Crippen molar-refractivity contribution in [3.63, 3.8) is 0 Å². The van der Waals surface area contributed by atoms with Crippen molar-refractivity contribution in [2.45, 2.75) is 19.0 Å². The van der Waals surface area contributed by atoms with Gasteiger partial charge in [0.25, 0.3) is 0 Å². The number of anilines is 2. The lowest BCUT2D eigenvalue weighted by atomic mass is 10.1. The summed E-state index contributed by atoms with van der Waals surface area (Å²) in [5.41, 5.74) is 4.79. The molecule has 1 rings (SSSR count). The molecule has 0 saturated heterocycles. The molecule has 0 fully saturated rings. The Labute approximate surface area is 115 Å². The third-order valence-corrected chi connectivity index (χ3v) is 2.66. The lowest BCUT2D eigenvalue weighted by Crippen LogP contribution is -2.18. The van der Waals surface area contributed by atoms with Gasteiger partial charge in [0.2, 0.25) is 5.91 Å². The number of nitrogens with one attached hydrogen (secondary N) is 1. The Bertz CT molecular complexity index is 472. The van der Waals surface area contributed by atoms with E-state index in [4.69, 9.17) is 5.73 Å². The normalized spacial score (nSPS) is 11.7. The van der Waals surface area contributed by atoms with Gasteiger partial charge in [0.05, 0.1) is 16.9 Å². The van der Waals surface area contributed by atoms with Gasteiger partial charge in [-0.2, -0.15) is 13.2 Å². The molecule has 0 aliphatic rings. The van der Waals surface area contributed by atoms with Crippen molar-refractivity contribution >= 4 is 17.3 Å². The van der Waals surface area contributed by atoms with E-state index in [-0.39, 0.29) is 17.3 Å². The summed E-state index contributed by atoms with van der Waals surface area (Å²) >= 11 is 0. The van der Waals surface area contributed by atoms with Crippen molar-refractivity contribution in [2.75, 3.05) is 31.7 Å². The molecule has 0 aromatic heterocycles. The van der Waals surface area contributed by atoms with Crippen LogP contribution in [0.15, 0.2) is 18.2 Å². The fourth-order valence-corrected chi connectivity index (χ4v) is 1.62. The zero-order chi connectivity index (χ0) is 15.3.